The van der Waals surface area contributed by atoms with E-state index in [1.165, 1.54) is 44.9 Å². The summed E-state index contributed by atoms with van der Waals surface area (Å²) in [7, 11) is 0. The molecule has 1 heterocycles. The van der Waals surface area contributed by atoms with Gasteiger partial charge < -0.3 is 19.5 Å². The average molecular weight is 344 g/mol. The molecule has 1 amide bonds. The van der Waals surface area contributed by atoms with Crippen LogP contribution in [-0.2, 0) is 14.2 Å². The Balaban J connectivity index is 1.93. The zero-order valence-corrected chi connectivity index (χ0v) is 15.7. The van der Waals surface area contributed by atoms with Gasteiger partial charge in [-0.25, -0.2) is 4.79 Å². The lowest BCUT2D eigenvalue weighted by Gasteiger charge is -2.12. The van der Waals surface area contributed by atoms with E-state index in [9.17, 15) is 4.79 Å². The molecule has 1 aliphatic rings. The molecule has 0 radical (unpaired) electrons. The normalized spacial score (nSPS) is 20.2. The number of carbonyl (C=O) groups is 1. The van der Waals surface area contributed by atoms with Crippen molar-refractivity contribution in [2.45, 2.75) is 96.9 Å². The van der Waals surface area contributed by atoms with E-state index in [-0.39, 0.29) is 25.1 Å². The quantitative estimate of drug-likeness (QED) is 0.461. The third-order valence-corrected chi connectivity index (χ3v) is 4.31. The summed E-state index contributed by atoms with van der Waals surface area (Å²) in [6.45, 7) is 5.79. The van der Waals surface area contributed by atoms with Crippen LogP contribution in [0.5, 0.6) is 0 Å². The molecule has 1 fully saturated rings. The van der Waals surface area contributed by atoms with Crippen LogP contribution in [0.15, 0.2) is 0 Å². The Kier molecular flexibility index (Phi) is 12.9. The summed E-state index contributed by atoms with van der Waals surface area (Å²) in [6, 6.07) is 0. The largest absolute Gasteiger partial charge is 0.447 e. The Morgan fingerprint density at radius 2 is 1.67 bits per heavy atom. The molecular formula is C19H37NO4. The minimum Gasteiger partial charge on any atom is -0.447 e. The van der Waals surface area contributed by atoms with Crippen LogP contribution >= 0.6 is 0 Å². The van der Waals surface area contributed by atoms with Gasteiger partial charge in [-0.05, 0) is 19.3 Å². The molecular weight excluding hydrogens is 306 g/mol. The fourth-order valence-corrected chi connectivity index (χ4v) is 2.78. The molecule has 24 heavy (non-hydrogen) atoms. The zero-order valence-electron chi connectivity index (χ0n) is 15.7. The predicted molar refractivity (Wildman–Crippen MR) is 96.1 cm³/mol. The summed E-state index contributed by atoms with van der Waals surface area (Å²) in [5.41, 5.74) is 0. The third kappa shape index (κ3) is 10.9. The Hall–Kier alpha value is -0.810. The molecule has 2 unspecified atom stereocenters. The second kappa shape index (κ2) is 14.5. The molecule has 1 aliphatic heterocycles. The van der Waals surface area contributed by atoms with Gasteiger partial charge in [-0.3, -0.25) is 0 Å². The molecule has 1 N–H and O–H groups in total. The molecule has 5 heteroatoms. The fraction of sp³-hybridized carbons (Fsp3) is 0.947. The minimum atomic E-state index is -0.362. The van der Waals surface area contributed by atoms with Crippen LogP contribution in [0.1, 0.15) is 84.5 Å². The molecule has 0 bridgehead atoms. The molecule has 2 atom stereocenters. The highest BCUT2D eigenvalue weighted by Crippen LogP contribution is 2.18. The number of hydrogen-bond acceptors (Lipinski definition) is 4. The summed E-state index contributed by atoms with van der Waals surface area (Å²) in [5, 5.41) is 2.73. The summed E-state index contributed by atoms with van der Waals surface area (Å²) in [5.74, 6) is 0. The molecule has 5 nitrogen and oxygen atoms in total. The van der Waals surface area contributed by atoms with Gasteiger partial charge in [0.15, 0.2) is 6.29 Å². The first kappa shape index (κ1) is 21.2. The maximum absolute atomic E-state index is 11.5. The SMILES string of the molecule is CCCCCCCCCCC1OCC(COC(=O)NCCCC)O1. The minimum absolute atomic E-state index is 0.123. The van der Waals surface area contributed by atoms with Crippen LogP contribution < -0.4 is 5.32 Å². The topological polar surface area (TPSA) is 56.8 Å². The number of hydrogen-bond donors (Lipinski definition) is 1. The molecule has 1 rings (SSSR count). The van der Waals surface area contributed by atoms with Gasteiger partial charge in [0.25, 0.3) is 0 Å². The average Bonchev–Trinajstić information content (AvgIpc) is 3.03. The van der Waals surface area contributed by atoms with Crippen molar-refractivity contribution in [2.75, 3.05) is 19.8 Å². The molecule has 0 spiro atoms. The smallest absolute Gasteiger partial charge is 0.407 e. The molecule has 0 aromatic rings. The fourth-order valence-electron chi connectivity index (χ4n) is 2.78. The number of nitrogens with one attached hydrogen (secondary N) is 1. The standard InChI is InChI=1S/C19H37NO4/c1-3-5-7-8-9-10-11-12-13-18-22-15-17(24-18)16-23-19(21)20-14-6-4-2/h17-18H,3-16H2,1-2H3,(H,20,21). The highest BCUT2D eigenvalue weighted by Gasteiger charge is 2.26. The molecule has 0 saturated carbocycles. The first-order valence-corrected chi connectivity index (χ1v) is 9.94. The van der Waals surface area contributed by atoms with Crippen LogP contribution in [0.2, 0.25) is 0 Å². The van der Waals surface area contributed by atoms with Crippen molar-refractivity contribution in [3.05, 3.63) is 0 Å². The van der Waals surface area contributed by atoms with E-state index < -0.39 is 0 Å². The number of carbonyl (C=O) groups excluding carboxylic acids is 1. The van der Waals surface area contributed by atoms with Crippen molar-refractivity contribution in [1.29, 1.82) is 0 Å². The monoisotopic (exact) mass is 343 g/mol. The number of amides is 1. The van der Waals surface area contributed by atoms with Gasteiger partial charge in [-0.1, -0.05) is 65.2 Å². The van der Waals surface area contributed by atoms with Crippen molar-refractivity contribution >= 4 is 6.09 Å². The van der Waals surface area contributed by atoms with Crippen molar-refractivity contribution in [3.63, 3.8) is 0 Å². The van der Waals surface area contributed by atoms with Gasteiger partial charge in [-0.15, -0.1) is 0 Å². The van der Waals surface area contributed by atoms with Gasteiger partial charge in [0.1, 0.15) is 12.7 Å². The van der Waals surface area contributed by atoms with Crippen LogP contribution in [0.25, 0.3) is 0 Å². The highest BCUT2D eigenvalue weighted by atomic mass is 16.7. The first-order valence-electron chi connectivity index (χ1n) is 9.94. The Bertz CT molecular complexity index is 312. The van der Waals surface area contributed by atoms with Crippen molar-refractivity contribution in [2.24, 2.45) is 0 Å². The Morgan fingerprint density at radius 1 is 1.00 bits per heavy atom. The summed E-state index contributed by atoms with van der Waals surface area (Å²) in [4.78, 5) is 11.5. The van der Waals surface area contributed by atoms with E-state index in [2.05, 4.69) is 19.2 Å². The number of alkyl carbamates (subject to hydrolysis) is 1. The molecule has 0 aliphatic carbocycles. The lowest BCUT2D eigenvalue weighted by molar-refractivity contribution is -0.0709. The molecule has 0 aromatic heterocycles. The van der Waals surface area contributed by atoms with Crippen molar-refractivity contribution in [3.8, 4) is 0 Å². The second-order valence-corrected chi connectivity index (χ2v) is 6.66. The Morgan fingerprint density at radius 3 is 2.38 bits per heavy atom. The maximum Gasteiger partial charge on any atom is 0.407 e. The van der Waals surface area contributed by atoms with Crippen LogP contribution in [0.4, 0.5) is 4.79 Å². The van der Waals surface area contributed by atoms with Crippen molar-refractivity contribution in [1.82, 2.24) is 5.32 Å². The Labute approximate surface area is 147 Å². The van der Waals surface area contributed by atoms with Gasteiger partial charge in [0.2, 0.25) is 0 Å². The number of ether oxygens (including phenoxy) is 3. The van der Waals surface area contributed by atoms with E-state index in [1.54, 1.807) is 0 Å². The van der Waals surface area contributed by atoms with Crippen LogP contribution in [0.3, 0.4) is 0 Å². The summed E-state index contributed by atoms with van der Waals surface area (Å²) in [6.07, 6.45) is 12.8. The lowest BCUT2D eigenvalue weighted by Crippen LogP contribution is -2.29. The lowest BCUT2D eigenvalue weighted by atomic mass is 10.1. The predicted octanol–water partition coefficient (Wildman–Crippen LogP) is 4.79. The number of rotatable bonds is 14. The molecule has 0 aromatic carbocycles. The van der Waals surface area contributed by atoms with Gasteiger partial charge >= 0.3 is 6.09 Å². The van der Waals surface area contributed by atoms with Crippen LogP contribution in [0, 0.1) is 0 Å². The van der Waals surface area contributed by atoms with Crippen LogP contribution in [-0.4, -0.2) is 38.2 Å². The molecule has 142 valence electrons. The first-order chi connectivity index (χ1) is 11.8. The van der Waals surface area contributed by atoms with E-state index in [0.717, 1.165) is 25.7 Å². The van der Waals surface area contributed by atoms with E-state index in [4.69, 9.17) is 14.2 Å². The van der Waals surface area contributed by atoms with E-state index >= 15 is 0 Å². The second-order valence-electron chi connectivity index (χ2n) is 6.66. The number of unbranched alkanes of at least 4 members (excludes halogenated alkanes) is 8. The summed E-state index contributed by atoms with van der Waals surface area (Å²) >= 11 is 0. The van der Waals surface area contributed by atoms with Gasteiger partial charge in [0.05, 0.1) is 6.61 Å². The molecule has 1 saturated heterocycles. The van der Waals surface area contributed by atoms with Gasteiger partial charge in [0, 0.05) is 6.54 Å². The zero-order chi connectivity index (χ0) is 17.5. The maximum atomic E-state index is 11.5. The summed E-state index contributed by atoms with van der Waals surface area (Å²) < 4.78 is 16.5. The van der Waals surface area contributed by atoms with E-state index in [0.29, 0.717) is 13.2 Å². The third-order valence-electron chi connectivity index (χ3n) is 4.31. The van der Waals surface area contributed by atoms with E-state index in [1.807, 2.05) is 0 Å². The highest BCUT2D eigenvalue weighted by molar-refractivity contribution is 5.67. The van der Waals surface area contributed by atoms with Gasteiger partial charge in [-0.2, -0.15) is 0 Å². The van der Waals surface area contributed by atoms with Crippen molar-refractivity contribution < 1.29 is 19.0 Å².